The van der Waals surface area contributed by atoms with Gasteiger partial charge in [0.2, 0.25) is 0 Å². The van der Waals surface area contributed by atoms with Crippen molar-refractivity contribution in [2.75, 3.05) is 56.7 Å². The van der Waals surface area contributed by atoms with Crippen molar-refractivity contribution in [1.29, 1.82) is 0 Å². The van der Waals surface area contributed by atoms with Crippen molar-refractivity contribution in [3.05, 3.63) is 48.5 Å². The van der Waals surface area contributed by atoms with E-state index in [2.05, 4.69) is 28.1 Å². The summed E-state index contributed by atoms with van der Waals surface area (Å²) in [6.07, 6.45) is 0. The normalized spacial score (nSPS) is 14.7. The molecule has 0 aromatic heterocycles. The number of ether oxygens (including phenoxy) is 2. The van der Waals surface area contributed by atoms with E-state index in [4.69, 9.17) is 9.47 Å². The Labute approximate surface area is 160 Å². The fourth-order valence-corrected chi connectivity index (χ4v) is 3.17. The predicted octanol–water partition coefficient (Wildman–Crippen LogP) is 2.85. The molecule has 6 heteroatoms. The molecule has 144 valence electrons. The maximum absolute atomic E-state index is 12.4. The number of likely N-dealkylation sites (N-methyl/N-ethyl adjacent to an activating group) is 1. The van der Waals surface area contributed by atoms with Gasteiger partial charge < -0.3 is 24.6 Å². The highest BCUT2D eigenvalue weighted by Crippen LogP contribution is 2.26. The molecule has 1 aliphatic rings. The molecule has 2 aromatic rings. The monoisotopic (exact) mass is 369 g/mol. The Balaban J connectivity index is 1.57. The molecule has 27 heavy (non-hydrogen) atoms. The van der Waals surface area contributed by atoms with Gasteiger partial charge in [0.15, 0.2) is 6.61 Å². The highest BCUT2D eigenvalue weighted by Gasteiger charge is 2.18. The molecule has 6 nitrogen and oxygen atoms in total. The number of rotatable bonds is 7. The highest BCUT2D eigenvalue weighted by molar-refractivity contribution is 5.95. The third kappa shape index (κ3) is 5.14. The first-order valence-corrected chi connectivity index (χ1v) is 9.32. The van der Waals surface area contributed by atoms with Crippen LogP contribution in [0.3, 0.4) is 0 Å². The number of nitrogens with zero attached hydrogens (tertiary/aromatic N) is 2. The Morgan fingerprint density at radius 3 is 2.33 bits per heavy atom. The number of para-hydroxylation sites is 2. The number of nitrogens with one attached hydrogen (secondary N) is 1. The van der Waals surface area contributed by atoms with Gasteiger partial charge in [-0.15, -0.1) is 0 Å². The van der Waals surface area contributed by atoms with E-state index in [1.54, 1.807) is 31.4 Å². The van der Waals surface area contributed by atoms with E-state index in [1.165, 1.54) is 0 Å². The SMILES string of the molecule is CCN1CCN(c2ccccc2NC(=O)COc2ccc(OC)cc2)CC1. The summed E-state index contributed by atoms with van der Waals surface area (Å²) in [7, 11) is 1.61. The molecule has 1 aliphatic heterocycles. The van der Waals surface area contributed by atoms with Crippen LogP contribution in [0.1, 0.15) is 6.92 Å². The predicted molar refractivity (Wildman–Crippen MR) is 108 cm³/mol. The lowest BCUT2D eigenvalue weighted by atomic mass is 10.2. The first-order chi connectivity index (χ1) is 13.2. The van der Waals surface area contributed by atoms with Crippen LogP contribution >= 0.6 is 0 Å². The zero-order chi connectivity index (χ0) is 19.1. The van der Waals surface area contributed by atoms with E-state index in [0.717, 1.165) is 49.8 Å². The van der Waals surface area contributed by atoms with Gasteiger partial charge in [0.05, 0.1) is 18.5 Å². The van der Waals surface area contributed by atoms with Crippen LogP contribution in [-0.4, -0.2) is 57.2 Å². The number of benzene rings is 2. The Hall–Kier alpha value is -2.73. The molecule has 0 spiro atoms. The molecule has 1 fully saturated rings. The van der Waals surface area contributed by atoms with Crippen molar-refractivity contribution < 1.29 is 14.3 Å². The Bertz CT molecular complexity index is 741. The molecular weight excluding hydrogens is 342 g/mol. The van der Waals surface area contributed by atoms with E-state index in [0.29, 0.717) is 5.75 Å². The topological polar surface area (TPSA) is 54.0 Å². The summed E-state index contributed by atoms with van der Waals surface area (Å²) in [5.74, 6) is 1.21. The highest BCUT2D eigenvalue weighted by atomic mass is 16.5. The molecule has 2 aromatic carbocycles. The first-order valence-electron chi connectivity index (χ1n) is 9.32. The molecule has 0 saturated carbocycles. The maximum Gasteiger partial charge on any atom is 0.262 e. The first kappa shape index (κ1) is 19.0. The van der Waals surface area contributed by atoms with Crippen molar-refractivity contribution in [2.45, 2.75) is 6.92 Å². The van der Waals surface area contributed by atoms with Gasteiger partial charge in [0, 0.05) is 26.2 Å². The largest absolute Gasteiger partial charge is 0.497 e. The van der Waals surface area contributed by atoms with Gasteiger partial charge in [0.1, 0.15) is 11.5 Å². The minimum atomic E-state index is -0.175. The molecule has 1 N–H and O–H groups in total. The fourth-order valence-electron chi connectivity index (χ4n) is 3.17. The average molecular weight is 369 g/mol. The maximum atomic E-state index is 12.4. The number of anilines is 2. The molecule has 1 amide bonds. The Morgan fingerprint density at radius 2 is 1.67 bits per heavy atom. The second-order valence-electron chi connectivity index (χ2n) is 6.45. The van der Waals surface area contributed by atoms with Crippen molar-refractivity contribution in [1.82, 2.24) is 4.90 Å². The lowest BCUT2D eigenvalue weighted by Crippen LogP contribution is -2.46. The smallest absolute Gasteiger partial charge is 0.262 e. The number of carbonyl (C=O) groups is 1. The molecule has 1 heterocycles. The molecule has 0 aliphatic carbocycles. The molecule has 1 saturated heterocycles. The molecule has 0 radical (unpaired) electrons. The zero-order valence-corrected chi connectivity index (χ0v) is 16.0. The zero-order valence-electron chi connectivity index (χ0n) is 16.0. The van der Waals surface area contributed by atoms with Gasteiger partial charge in [-0.05, 0) is 42.9 Å². The van der Waals surface area contributed by atoms with Crippen molar-refractivity contribution in [3.63, 3.8) is 0 Å². The van der Waals surface area contributed by atoms with Gasteiger partial charge in [-0.1, -0.05) is 19.1 Å². The van der Waals surface area contributed by atoms with Crippen molar-refractivity contribution in [2.24, 2.45) is 0 Å². The number of methoxy groups -OCH3 is 1. The number of piperazine rings is 1. The van der Waals surface area contributed by atoms with E-state index in [-0.39, 0.29) is 12.5 Å². The van der Waals surface area contributed by atoms with Gasteiger partial charge in [-0.2, -0.15) is 0 Å². The molecule has 0 atom stereocenters. The van der Waals surface area contributed by atoms with Gasteiger partial charge in [-0.25, -0.2) is 0 Å². The summed E-state index contributed by atoms with van der Waals surface area (Å²) in [5, 5.41) is 2.98. The second-order valence-corrected chi connectivity index (χ2v) is 6.45. The van der Waals surface area contributed by atoms with E-state index in [9.17, 15) is 4.79 Å². The van der Waals surface area contributed by atoms with E-state index in [1.807, 2.05) is 18.2 Å². The average Bonchev–Trinajstić information content (AvgIpc) is 2.73. The summed E-state index contributed by atoms with van der Waals surface area (Å²) in [5.41, 5.74) is 1.89. The number of carbonyl (C=O) groups excluding carboxylic acids is 1. The summed E-state index contributed by atoms with van der Waals surface area (Å²) < 4.78 is 10.7. The van der Waals surface area contributed by atoms with Crippen LogP contribution in [0, 0.1) is 0 Å². The van der Waals surface area contributed by atoms with Crippen LogP contribution in [0.5, 0.6) is 11.5 Å². The van der Waals surface area contributed by atoms with Crippen LogP contribution in [0.4, 0.5) is 11.4 Å². The second kappa shape index (κ2) is 9.28. The van der Waals surface area contributed by atoms with Crippen molar-refractivity contribution >= 4 is 17.3 Å². The van der Waals surface area contributed by atoms with Gasteiger partial charge >= 0.3 is 0 Å². The molecule has 0 bridgehead atoms. The summed E-state index contributed by atoms with van der Waals surface area (Å²) in [6.45, 7) is 7.23. The standard InChI is InChI=1S/C21H27N3O3/c1-3-23-12-14-24(15-13-23)20-7-5-4-6-19(20)22-21(25)16-27-18-10-8-17(26-2)9-11-18/h4-11H,3,12-16H2,1-2H3,(H,22,25). The summed E-state index contributed by atoms with van der Waals surface area (Å²) in [6, 6.07) is 15.1. The molecule has 0 unspecified atom stereocenters. The quantitative estimate of drug-likeness (QED) is 0.813. The van der Waals surface area contributed by atoms with E-state index >= 15 is 0 Å². The summed E-state index contributed by atoms with van der Waals surface area (Å²) >= 11 is 0. The third-order valence-electron chi connectivity index (χ3n) is 4.77. The number of amides is 1. The van der Waals surface area contributed by atoms with Gasteiger partial charge in [-0.3, -0.25) is 4.79 Å². The minimum Gasteiger partial charge on any atom is -0.497 e. The van der Waals surface area contributed by atoms with Gasteiger partial charge in [0.25, 0.3) is 5.91 Å². The van der Waals surface area contributed by atoms with Crippen LogP contribution in [-0.2, 0) is 4.79 Å². The van der Waals surface area contributed by atoms with Crippen molar-refractivity contribution in [3.8, 4) is 11.5 Å². The van der Waals surface area contributed by atoms with Crippen LogP contribution in [0.2, 0.25) is 0 Å². The van der Waals surface area contributed by atoms with Crippen LogP contribution in [0.25, 0.3) is 0 Å². The van der Waals surface area contributed by atoms with Crippen LogP contribution in [0.15, 0.2) is 48.5 Å². The Kier molecular flexibility index (Phi) is 6.54. The Morgan fingerprint density at radius 1 is 1.00 bits per heavy atom. The third-order valence-corrected chi connectivity index (χ3v) is 4.77. The number of hydrogen-bond acceptors (Lipinski definition) is 5. The molecular formula is C21H27N3O3. The lowest BCUT2D eigenvalue weighted by Gasteiger charge is -2.36. The fraction of sp³-hybridized carbons (Fsp3) is 0.381. The lowest BCUT2D eigenvalue weighted by molar-refractivity contribution is -0.118. The number of hydrogen-bond donors (Lipinski definition) is 1. The van der Waals surface area contributed by atoms with E-state index < -0.39 is 0 Å². The minimum absolute atomic E-state index is 0.0374. The van der Waals surface area contributed by atoms with Crippen LogP contribution < -0.4 is 19.7 Å². The molecule has 3 rings (SSSR count). The summed E-state index contributed by atoms with van der Waals surface area (Å²) in [4.78, 5) is 17.1.